The van der Waals surface area contributed by atoms with Crippen LogP contribution in [0.3, 0.4) is 0 Å². The van der Waals surface area contributed by atoms with E-state index in [2.05, 4.69) is 225 Å². The van der Waals surface area contributed by atoms with Gasteiger partial charge in [-0.25, -0.2) is 0 Å². The first-order valence-corrected chi connectivity index (χ1v) is 24.1. The molecule has 14 rings (SSSR count). The molecule has 2 aromatic heterocycles. The molecule has 1 atom stereocenters. The van der Waals surface area contributed by atoms with Crippen molar-refractivity contribution < 1.29 is 0 Å². The van der Waals surface area contributed by atoms with Gasteiger partial charge in [0.05, 0.1) is 27.9 Å². The maximum atomic E-state index is 2.77. The second kappa shape index (κ2) is 13.0. The molecule has 3 aliphatic heterocycles. The Morgan fingerprint density at radius 1 is 0.470 bits per heavy atom. The first-order valence-electron chi connectivity index (χ1n) is 24.1. The Balaban J connectivity index is 1.00. The zero-order valence-corrected chi connectivity index (χ0v) is 38.7. The normalized spacial score (nSPS) is 18.9. The average molecular weight is 852 g/mol. The first kappa shape index (κ1) is 38.2. The minimum Gasteiger partial charge on any atom is -0.312 e. The number of hydrogen-bond donors (Lipinski definition) is 0. The second-order valence-electron chi connectivity index (χ2n) is 21.3. The molecule has 0 amide bonds. The maximum Gasteiger partial charge on any atom is 0.0541 e. The van der Waals surface area contributed by atoms with Crippen molar-refractivity contribution in [3.8, 4) is 33.6 Å². The van der Waals surface area contributed by atoms with E-state index in [0.29, 0.717) is 5.92 Å². The van der Waals surface area contributed by atoms with Crippen LogP contribution in [0.15, 0.2) is 175 Å². The molecular formula is C63H53N3. The number of rotatable bonds is 4. The minimum absolute atomic E-state index is 0.0869. The van der Waals surface area contributed by atoms with Gasteiger partial charge in [0.25, 0.3) is 0 Å². The highest BCUT2D eigenvalue weighted by atomic mass is 15.2. The fraction of sp³-hybridized carbons (Fsp3) is 0.206. The number of aromatic nitrogens is 2. The summed E-state index contributed by atoms with van der Waals surface area (Å²) in [6.07, 6.45) is 12.8. The molecule has 0 saturated carbocycles. The van der Waals surface area contributed by atoms with Crippen molar-refractivity contribution in [3.63, 3.8) is 0 Å². The van der Waals surface area contributed by atoms with Crippen molar-refractivity contribution in [1.29, 1.82) is 0 Å². The van der Waals surface area contributed by atoms with Gasteiger partial charge in [-0.15, -0.1) is 0 Å². The Hall–Kier alpha value is -7.10. The van der Waals surface area contributed by atoms with Crippen LogP contribution in [-0.2, 0) is 22.7 Å². The number of anilines is 2. The quantitative estimate of drug-likeness (QED) is 0.172. The monoisotopic (exact) mass is 851 g/mol. The number of allylic oxidation sites excluding steroid dienone is 5. The second-order valence-corrected chi connectivity index (χ2v) is 21.3. The van der Waals surface area contributed by atoms with Crippen LogP contribution in [0.1, 0.15) is 87.9 Å². The van der Waals surface area contributed by atoms with E-state index in [1.54, 1.807) is 0 Å². The highest BCUT2D eigenvalue weighted by Gasteiger charge is 2.55. The lowest BCUT2D eigenvalue weighted by atomic mass is 9.56. The van der Waals surface area contributed by atoms with Gasteiger partial charge in [0, 0.05) is 61.1 Å². The maximum absolute atomic E-state index is 2.77. The molecule has 66 heavy (non-hydrogen) atoms. The Labute approximate surface area is 387 Å². The van der Waals surface area contributed by atoms with Crippen molar-refractivity contribution in [2.75, 3.05) is 4.90 Å². The van der Waals surface area contributed by atoms with Crippen LogP contribution in [0, 0.1) is 5.92 Å². The summed E-state index contributed by atoms with van der Waals surface area (Å²) in [7, 11) is 0. The summed E-state index contributed by atoms with van der Waals surface area (Å²) in [5, 5.41) is 3.94. The largest absolute Gasteiger partial charge is 0.312 e. The van der Waals surface area contributed by atoms with Gasteiger partial charge in [0.15, 0.2) is 0 Å². The molecule has 3 nitrogen and oxygen atoms in total. The summed E-state index contributed by atoms with van der Waals surface area (Å²) in [6.45, 7) is 15.0. The smallest absolute Gasteiger partial charge is 0.0541 e. The van der Waals surface area contributed by atoms with Crippen molar-refractivity contribution in [3.05, 3.63) is 209 Å². The summed E-state index contributed by atoms with van der Waals surface area (Å²) in [5.41, 5.74) is 25.1. The summed E-state index contributed by atoms with van der Waals surface area (Å²) in [6, 6.07) is 55.4. The molecule has 7 aromatic carbocycles. The molecule has 0 fully saturated rings. The Kier molecular flexibility index (Phi) is 7.55. The fourth-order valence-corrected chi connectivity index (χ4v) is 13.3. The molecular weight excluding hydrogens is 799 g/mol. The third-order valence-electron chi connectivity index (χ3n) is 16.7. The lowest BCUT2D eigenvalue weighted by Gasteiger charge is -2.59. The minimum atomic E-state index is -0.281. The van der Waals surface area contributed by atoms with E-state index in [9.17, 15) is 0 Å². The first-order chi connectivity index (χ1) is 32.0. The third-order valence-corrected chi connectivity index (χ3v) is 16.7. The molecule has 0 spiro atoms. The molecule has 9 aromatic rings. The van der Waals surface area contributed by atoms with Crippen molar-refractivity contribution in [2.45, 2.75) is 77.0 Å². The lowest BCUT2D eigenvalue weighted by Crippen LogP contribution is -2.50. The average Bonchev–Trinajstić information content (AvgIpc) is 3.86. The number of benzene rings is 7. The number of para-hydroxylation sites is 3. The molecule has 0 N–H and O–H groups in total. The number of aryl methyl sites for hydroxylation is 1. The van der Waals surface area contributed by atoms with Gasteiger partial charge in [-0.3, -0.25) is 0 Å². The highest BCUT2D eigenvalue weighted by Crippen LogP contribution is 2.67. The molecule has 1 unspecified atom stereocenters. The van der Waals surface area contributed by atoms with Crippen molar-refractivity contribution in [1.82, 2.24) is 9.13 Å². The topological polar surface area (TPSA) is 13.1 Å². The van der Waals surface area contributed by atoms with Crippen LogP contribution in [0.5, 0.6) is 0 Å². The molecule has 320 valence electrons. The molecule has 0 saturated heterocycles. The van der Waals surface area contributed by atoms with Crippen molar-refractivity contribution in [2.24, 2.45) is 5.92 Å². The molecule has 0 radical (unpaired) electrons. The van der Waals surface area contributed by atoms with Crippen LogP contribution in [-0.4, -0.2) is 9.13 Å². The van der Waals surface area contributed by atoms with E-state index in [0.717, 1.165) is 19.3 Å². The van der Waals surface area contributed by atoms with E-state index in [4.69, 9.17) is 0 Å². The predicted octanol–water partition coefficient (Wildman–Crippen LogP) is 16.2. The van der Waals surface area contributed by atoms with Gasteiger partial charge in [-0.05, 0) is 160 Å². The summed E-state index contributed by atoms with van der Waals surface area (Å²) in [4.78, 5) is 2.77. The van der Waals surface area contributed by atoms with Gasteiger partial charge >= 0.3 is 0 Å². The molecule has 2 aliphatic carbocycles. The summed E-state index contributed by atoms with van der Waals surface area (Å²) in [5.74, 6) is 0.358. The predicted molar refractivity (Wildman–Crippen MR) is 277 cm³/mol. The van der Waals surface area contributed by atoms with Crippen LogP contribution in [0.2, 0.25) is 0 Å². The van der Waals surface area contributed by atoms with E-state index < -0.39 is 0 Å². The van der Waals surface area contributed by atoms with Crippen LogP contribution >= 0.6 is 0 Å². The zero-order chi connectivity index (χ0) is 44.4. The van der Waals surface area contributed by atoms with Crippen LogP contribution < -0.4 is 4.90 Å². The van der Waals surface area contributed by atoms with E-state index in [-0.39, 0.29) is 16.2 Å². The van der Waals surface area contributed by atoms with Gasteiger partial charge in [0.2, 0.25) is 0 Å². The molecule has 5 aliphatic rings. The van der Waals surface area contributed by atoms with Gasteiger partial charge in [0.1, 0.15) is 0 Å². The standard InChI is InChI=1S/C63H53N3/c1-61(2)48-24-17-25-49-58(48)66-59-50(61)34-40(38-28-30-56-46(32-38)44-22-13-15-26-54(44)64(56)42-18-9-7-10-19-42)36-52(59)63(5,6)53-37-41(35-51(60(53)66)62(49,3)4)39-29-31-57-47(33-39)45-23-14-16-27-55(45)65(57)43-20-11-8-12-21-43/h7-13,15-22,25-37,48H,14,23-24H2,1-6H3. The van der Waals surface area contributed by atoms with Crippen molar-refractivity contribution >= 4 is 50.2 Å². The van der Waals surface area contributed by atoms with Gasteiger partial charge in [-0.1, -0.05) is 127 Å². The highest BCUT2D eigenvalue weighted by molar-refractivity contribution is 6.10. The summed E-state index contributed by atoms with van der Waals surface area (Å²) < 4.78 is 4.89. The Morgan fingerprint density at radius 2 is 1.03 bits per heavy atom. The van der Waals surface area contributed by atoms with Crippen LogP contribution in [0.25, 0.3) is 72.4 Å². The third kappa shape index (κ3) is 4.88. The number of fused-ring (bicyclic) bond motifs is 6. The SMILES string of the molecule is CC1(C)C2=C3C(CC=C2)C(C)(C)c2cc(-c4ccc5c(c4)c4ccccc4n5-c4ccccc4)cc4c2N3c2c1cc(-c1ccc3c(c1)c1c(n3-c3ccccc3)C=CCC1)cc2C4(C)C. The summed E-state index contributed by atoms with van der Waals surface area (Å²) >= 11 is 0. The molecule has 5 heterocycles. The lowest BCUT2D eigenvalue weighted by molar-refractivity contribution is 0.336. The number of nitrogens with zero attached hydrogens (tertiary/aromatic N) is 3. The molecule has 0 bridgehead atoms. The van der Waals surface area contributed by atoms with E-state index in [1.807, 2.05) is 0 Å². The van der Waals surface area contributed by atoms with Crippen LogP contribution in [0.4, 0.5) is 11.4 Å². The molecule has 3 heteroatoms. The fourth-order valence-electron chi connectivity index (χ4n) is 13.3. The Morgan fingerprint density at radius 3 is 1.73 bits per heavy atom. The zero-order valence-electron chi connectivity index (χ0n) is 38.7. The Bertz CT molecular complexity index is 3690. The van der Waals surface area contributed by atoms with Gasteiger partial charge < -0.3 is 14.0 Å². The van der Waals surface area contributed by atoms with E-state index >= 15 is 0 Å². The van der Waals surface area contributed by atoms with Gasteiger partial charge in [-0.2, -0.15) is 0 Å². The number of hydrogen-bond acceptors (Lipinski definition) is 1. The van der Waals surface area contributed by atoms with E-state index in [1.165, 1.54) is 122 Å².